The van der Waals surface area contributed by atoms with Gasteiger partial charge in [0, 0.05) is 18.0 Å². The number of halogens is 2. The van der Waals surface area contributed by atoms with Crippen LogP contribution in [0.15, 0.2) is 24.4 Å². The summed E-state index contributed by atoms with van der Waals surface area (Å²) in [6, 6.07) is 3.74. The lowest BCUT2D eigenvalue weighted by Gasteiger charge is -2.29. The number of carbonyl (C=O) groups is 1. The van der Waals surface area contributed by atoms with Gasteiger partial charge >= 0.3 is 0 Å². The number of anilines is 3. The molecule has 0 aliphatic heterocycles. The molecule has 3 aromatic rings. The number of amides is 1. The van der Waals surface area contributed by atoms with Crippen molar-refractivity contribution in [3.05, 3.63) is 36.0 Å². The highest BCUT2D eigenvalue weighted by molar-refractivity contribution is 5.78. The lowest BCUT2D eigenvalue weighted by atomic mass is 9.85. The Hall–Kier alpha value is -3.30. The van der Waals surface area contributed by atoms with Gasteiger partial charge in [0.1, 0.15) is 22.8 Å². The van der Waals surface area contributed by atoms with Gasteiger partial charge in [-0.05, 0) is 51.7 Å². The van der Waals surface area contributed by atoms with E-state index in [1.807, 2.05) is 18.4 Å². The number of hydrogen-bond donors (Lipinski definition) is 3. The van der Waals surface area contributed by atoms with Gasteiger partial charge in [-0.3, -0.25) is 9.36 Å². The van der Waals surface area contributed by atoms with Crippen molar-refractivity contribution < 1.29 is 13.6 Å². The van der Waals surface area contributed by atoms with Crippen LogP contribution in [0.3, 0.4) is 0 Å². The number of nitrogens with zero attached hydrogens (tertiary/aromatic N) is 4. The lowest BCUT2D eigenvalue weighted by Crippen LogP contribution is -2.29. The minimum absolute atomic E-state index is 0.0558. The van der Waals surface area contributed by atoms with Crippen molar-refractivity contribution >= 4 is 34.7 Å². The largest absolute Gasteiger partial charge is 0.369 e. The Balaban J connectivity index is 1.77. The summed E-state index contributed by atoms with van der Waals surface area (Å²) in [6.45, 7) is 3.95. The molecule has 1 aromatic carbocycles. The van der Waals surface area contributed by atoms with Crippen LogP contribution in [0, 0.1) is 17.6 Å². The number of carbonyl (C=O) groups excluding carboxylic acids is 1. The Labute approximate surface area is 178 Å². The zero-order chi connectivity index (χ0) is 22.1. The van der Waals surface area contributed by atoms with E-state index in [1.54, 1.807) is 6.20 Å². The molecule has 2 heterocycles. The van der Waals surface area contributed by atoms with Crippen LogP contribution in [0.1, 0.15) is 45.6 Å². The molecule has 0 saturated heterocycles. The van der Waals surface area contributed by atoms with Crippen LogP contribution in [0.5, 0.6) is 0 Å². The fourth-order valence-electron chi connectivity index (χ4n) is 4.00. The number of nitrogens with two attached hydrogens (primary N) is 1. The second kappa shape index (κ2) is 8.44. The third-order valence-electron chi connectivity index (χ3n) is 5.51. The van der Waals surface area contributed by atoms with Crippen molar-refractivity contribution in [2.24, 2.45) is 11.7 Å². The Morgan fingerprint density at radius 3 is 2.45 bits per heavy atom. The van der Waals surface area contributed by atoms with Gasteiger partial charge < -0.3 is 16.4 Å². The summed E-state index contributed by atoms with van der Waals surface area (Å²) in [5.41, 5.74) is 6.25. The van der Waals surface area contributed by atoms with Crippen LogP contribution >= 0.6 is 0 Å². The summed E-state index contributed by atoms with van der Waals surface area (Å²) in [7, 11) is 0. The van der Waals surface area contributed by atoms with E-state index in [-0.39, 0.29) is 35.5 Å². The fourth-order valence-corrected chi connectivity index (χ4v) is 4.00. The number of fused-ring (bicyclic) bond motifs is 1. The number of benzene rings is 1. The Bertz CT molecular complexity index is 1090. The van der Waals surface area contributed by atoms with Gasteiger partial charge in [0.05, 0.1) is 6.20 Å². The molecule has 1 aliphatic carbocycles. The van der Waals surface area contributed by atoms with E-state index in [2.05, 4.69) is 25.6 Å². The van der Waals surface area contributed by atoms with E-state index >= 15 is 0 Å². The highest BCUT2D eigenvalue weighted by atomic mass is 19.1. The van der Waals surface area contributed by atoms with Crippen LogP contribution in [0.4, 0.5) is 26.4 Å². The Morgan fingerprint density at radius 1 is 1.16 bits per heavy atom. The first-order chi connectivity index (χ1) is 14.8. The zero-order valence-electron chi connectivity index (χ0n) is 17.4. The molecule has 2 aromatic heterocycles. The predicted molar refractivity (Wildman–Crippen MR) is 114 cm³/mol. The number of para-hydroxylation sites is 1. The predicted octanol–water partition coefficient (Wildman–Crippen LogP) is 3.89. The van der Waals surface area contributed by atoms with Crippen LogP contribution < -0.4 is 16.4 Å². The van der Waals surface area contributed by atoms with Gasteiger partial charge in [-0.2, -0.15) is 4.98 Å². The van der Waals surface area contributed by atoms with Gasteiger partial charge in [0.15, 0.2) is 5.65 Å². The first kappa shape index (κ1) is 21.0. The SMILES string of the molecule is CC(C)Nc1ncc2nc(Nc3c(F)cccc3F)n([C@H]3CC[C@H](C(N)=O)CC3)c2n1. The monoisotopic (exact) mass is 429 g/mol. The highest BCUT2D eigenvalue weighted by Gasteiger charge is 2.29. The van der Waals surface area contributed by atoms with E-state index in [1.165, 1.54) is 18.2 Å². The third-order valence-corrected chi connectivity index (χ3v) is 5.51. The van der Waals surface area contributed by atoms with Gasteiger partial charge in [-0.25, -0.2) is 18.7 Å². The molecule has 31 heavy (non-hydrogen) atoms. The van der Waals surface area contributed by atoms with E-state index in [4.69, 9.17) is 5.73 Å². The molecular formula is C21H25F2N7O. The zero-order valence-corrected chi connectivity index (χ0v) is 17.4. The second-order valence-corrected chi connectivity index (χ2v) is 8.14. The normalized spacial score (nSPS) is 19.0. The summed E-state index contributed by atoms with van der Waals surface area (Å²) < 4.78 is 30.4. The minimum atomic E-state index is -0.718. The maximum atomic E-state index is 14.3. The molecule has 4 rings (SSSR count). The molecule has 1 aliphatic rings. The molecular weight excluding hydrogens is 404 g/mol. The smallest absolute Gasteiger partial charge is 0.224 e. The first-order valence-electron chi connectivity index (χ1n) is 10.4. The van der Waals surface area contributed by atoms with E-state index in [0.29, 0.717) is 42.8 Å². The van der Waals surface area contributed by atoms with Crippen LogP contribution in [0.25, 0.3) is 11.2 Å². The third kappa shape index (κ3) is 4.28. The van der Waals surface area contributed by atoms with Crippen molar-refractivity contribution in [2.45, 2.75) is 51.6 Å². The van der Waals surface area contributed by atoms with E-state index in [0.717, 1.165) is 0 Å². The van der Waals surface area contributed by atoms with Crippen molar-refractivity contribution in [2.75, 3.05) is 10.6 Å². The van der Waals surface area contributed by atoms with Crippen molar-refractivity contribution in [1.29, 1.82) is 0 Å². The standard InChI is InChI=1S/C21H25F2N7O/c1-11(2)26-20-25-10-16-19(29-20)30(13-8-6-12(7-9-13)18(24)31)21(27-16)28-17-14(22)4-3-5-15(17)23/h3-5,10-13H,6-9H2,1-2H3,(H2,24,31)(H,27,28)(H,25,26,29)/t12-,13-. The van der Waals surface area contributed by atoms with Gasteiger partial charge in [0.25, 0.3) is 0 Å². The average molecular weight is 429 g/mol. The molecule has 0 atom stereocenters. The summed E-state index contributed by atoms with van der Waals surface area (Å²) in [5, 5.41) is 5.97. The summed E-state index contributed by atoms with van der Waals surface area (Å²) in [4.78, 5) is 25.0. The van der Waals surface area contributed by atoms with Crippen molar-refractivity contribution in [3.63, 3.8) is 0 Å². The summed E-state index contributed by atoms with van der Waals surface area (Å²) in [6.07, 6.45) is 4.20. The molecule has 0 spiro atoms. The molecule has 164 valence electrons. The van der Waals surface area contributed by atoms with Crippen molar-refractivity contribution in [3.8, 4) is 0 Å². The quantitative estimate of drug-likeness (QED) is 0.548. The van der Waals surface area contributed by atoms with Crippen LogP contribution in [0.2, 0.25) is 0 Å². The molecule has 0 bridgehead atoms. The molecule has 8 nitrogen and oxygen atoms in total. The van der Waals surface area contributed by atoms with Crippen LogP contribution in [-0.4, -0.2) is 31.5 Å². The fraction of sp³-hybridized carbons (Fsp3) is 0.429. The molecule has 1 saturated carbocycles. The highest BCUT2D eigenvalue weighted by Crippen LogP contribution is 2.37. The average Bonchev–Trinajstić information content (AvgIpc) is 3.07. The topological polar surface area (TPSA) is 111 Å². The van der Waals surface area contributed by atoms with Crippen LogP contribution in [-0.2, 0) is 4.79 Å². The molecule has 4 N–H and O–H groups in total. The molecule has 1 fully saturated rings. The molecule has 10 heteroatoms. The molecule has 0 radical (unpaired) electrons. The van der Waals surface area contributed by atoms with Gasteiger partial charge in [0.2, 0.25) is 17.8 Å². The van der Waals surface area contributed by atoms with Gasteiger partial charge in [-0.15, -0.1) is 0 Å². The number of aromatic nitrogens is 4. The number of nitrogens with one attached hydrogen (secondary N) is 2. The Kier molecular flexibility index (Phi) is 5.71. The number of primary amides is 1. The molecule has 1 amide bonds. The number of imidazole rings is 1. The number of hydrogen-bond acceptors (Lipinski definition) is 6. The van der Waals surface area contributed by atoms with Gasteiger partial charge in [-0.1, -0.05) is 6.07 Å². The number of rotatable bonds is 6. The van der Waals surface area contributed by atoms with E-state index in [9.17, 15) is 13.6 Å². The first-order valence-corrected chi connectivity index (χ1v) is 10.4. The maximum absolute atomic E-state index is 14.3. The maximum Gasteiger partial charge on any atom is 0.224 e. The minimum Gasteiger partial charge on any atom is -0.369 e. The molecule has 0 unspecified atom stereocenters. The Morgan fingerprint density at radius 2 is 1.84 bits per heavy atom. The summed E-state index contributed by atoms with van der Waals surface area (Å²) >= 11 is 0. The van der Waals surface area contributed by atoms with Crippen molar-refractivity contribution in [1.82, 2.24) is 19.5 Å². The lowest BCUT2D eigenvalue weighted by molar-refractivity contribution is -0.122. The summed E-state index contributed by atoms with van der Waals surface area (Å²) in [5.74, 6) is -1.19. The second-order valence-electron chi connectivity index (χ2n) is 8.14. The van der Waals surface area contributed by atoms with E-state index < -0.39 is 11.6 Å².